The minimum absolute atomic E-state index is 0.220. The van der Waals surface area contributed by atoms with E-state index in [1.807, 2.05) is 0 Å². The molecule has 0 heterocycles. The van der Waals surface area contributed by atoms with Gasteiger partial charge >= 0.3 is 0 Å². The standard InChI is InChI=1S/C15H13F3O/c1-9-3-8-12(17)13(14(9)18)15(2,19)10-4-6-11(16)7-5-10/h3-8,19H,1-2H3. The van der Waals surface area contributed by atoms with Crippen molar-refractivity contribution in [3.63, 3.8) is 0 Å². The van der Waals surface area contributed by atoms with Gasteiger partial charge in [0, 0.05) is 0 Å². The Bertz CT molecular complexity index is 604. The number of aliphatic hydroxyl groups is 1. The zero-order valence-corrected chi connectivity index (χ0v) is 10.5. The molecule has 2 aromatic carbocycles. The topological polar surface area (TPSA) is 20.2 Å². The fourth-order valence-corrected chi connectivity index (χ4v) is 2.02. The van der Waals surface area contributed by atoms with Crippen LogP contribution in [0.4, 0.5) is 13.2 Å². The normalized spacial score (nSPS) is 14.2. The molecule has 0 saturated carbocycles. The summed E-state index contributed by atoms with van der Waals surface area (Å²) in [4.78, 5) is 0. The van der Waals surface area contributed by atoms with Crippen LogP contribution in [-0.2, 0) is 5.60 Å². The van der Waals surface area contributed by atoms with Crippen LogP contribution in [0.5, 0.6) is 0 Å². The van der Waals surface area contributed by atoms with E-state index in [2.05, 4.69) is 0 Å². The number of aryl methyl sites for hydroxylation is 1. The molecule has 0 aliphatic heterocycles. The highest BCUT2D eigenvalue weighted by Crippen LogP contribution is 2.33. The number of benzene rings is 2. The summed E-state index contributed by atoms with van der Waals surface area (Å²) in [7, 11) is 0. The van der Waals surface area contributed by atoms with Crippen LogP contribution in [0, 0.1) is 24.4 Å². The van der Waals surface area contributed by atoms with Crippen molar-refractivity contribution in [2.24, 2.45) is 0 Å². The Hall–Kier alpha value is -1.81. The average molecular weight is 266 g/mol. The van der Waals surface area contributed by atoms with E-state index < -0.39 is 28.6 Å². The molecular formula is C15H13F3O. The van der Waals surface area contributed by atoms with Crippen molar-refractivity contribution in [2.75, 3.05) is 0 Å². The Morgan fingerprint density at radius 2 is 1.53 bits per heavy atom. The van der Waals surface area contributed by atoms with Crippen LogP contribution in [0.3, 0.4) is 0 Å². The van der Waals surface area contributed by atoms with Crippen molar-refractivity contribution >= 4 is 0 Å². The van der Waals surface area contributed by atoms with Crippen LogP contribution in [0.1, 0.15) is 23.6 Å². The SMILES string of the molecule is Cc1ccc(F)c(C(C)(O)c2ccc(F)cc2)c1F. The lowest BCUT2D eigenvalue weighted by Gasteiger charge is -2.26. The van der Waals surface area contributed by atoms with E-state index in [1.54, 1.807) is 0 Å². The van der Waals surface area contributed by atoms with E-state index >= 15 is 0 Å². The first-order valence-electron chi connectivity index (χ1n) is 5.77. The van der Waals surface area contributed by atoms with Crippen LogP contribution < -0.4 is 0 Å². The molecule has 0 fully saturated rings. The molecule has 0 aliphatic rings. The van der Waals surface area contributed by atoms with E-state index in [-0.39, 0.29) is 11.1 Å². The van der Waals surface area contributed by atoms with Crippen molar-refractivity contribution in [1.29, 1.82) is 0 Å². The zero-order chi connectivity index (χ0) is 14.2. The van der Waals surface area contributed by atoms with Gasteiger partial charge in [0.2, 0.25) is 0 Å². The summed E-state index contributed by atoms with van der Waals surface area (Å²) in [5.74, 6) is -2.11. The highest BCUT2D eigenvalue weighted by atomic mass is 19.1. The minimum Gasteiger partial charge on any atom is -0.380 e. The van der Waals surface area contributed by atoms with Gasteiger partial charge in [-0.3, -0.25) is 0 Å². The Morgan fingerprint density at radius 1 is 0.947 bits per heavy atom. The highest BCUT2D eigenvalue weighted by Gasteiger charge is 2.32. The van der Waals surface area contributed by atoms with Crippen molar-refractivity contribution < 1.29 is 18.3 Å². The third-order valence-electron chi connectivity index (χ3n) is 3.18. The van der Waals surface area contributed by atoms with Gasteiger partial charge in [0.1, 0.15) is 23.1 Å². The molecule has 1 N–H and O–H groups in total. The minimum atomic E-state index is -1.87. The predicted octanol–water partition coefficient (Wildman–Crippen LogP) is 3.67. The lowest BCUT2D eigenvalue weighted by Crippen LogP contribution is -2.26. The quantitative estimate of drug-likeness (QED) is 0.879. The van der Waals surface area contributed by atoms with E-state index in [0.29, 0.717) is 0 Å². The Balaban J connectivity index is 2.62. The zero-order valence-electron chi connectivity index (χ0n) is 10.5. The van der Waals surface area contributed by atoms with Crippen LogP contribution in [0.15, 0.2) is 36.4 Å². The summed E-state index contributed by atoms with van der Waals surface area (Å²) >= 11 is 0. The first kappa shape index (κ1) is 13.6. The summed E-state index contributed by atoms with van der Waals surface area (Å²) in [5, 5.41) is 10.4. The third kappa shape index (κ3) is 2.36. The molecule has 1 unspecified atom stereocenters. The number of hydrogen-bond acceptors (Lipinski definition) is 1. The third-order valence-corrected chi connectivity index (χ3v) is 3.18. The average Bonchev–Trinajstić information content (AvgIpc) is 2.34. The smallest absolute Gasteiger partial charge is 0.135 e. The number of hydrogen-bond donors (Lipinski definition) is 1. The van der Waals surface area contributed by atoms with Crippen molar-refractivity contribution in [1.82, 2.24) is 0 Å². The second-order valence-electron chi connectivity index (χ2n) is 4.63. The molecule has 0 amide bonds. The summed E-state index contributed by atoms with van der Waals surface area (Å²) in [5.41, 5.74) is -1.84. The number of rotatable bonds is 2. The van der Waals surface area contributed by atoms with Crippen LogP contribution in [0.25, 0.3) is 0 Å². The van der Waals surface area contributed by atoms with Gasteiger partial charge in [0.15, 0.2) is 0 Å². The Labute approximate surface area is 109 Å². The summed E-state index contributed by atoms with van der Waals surface area (Å²) in [6, 6.07) is 7.28. The van der Waals surface area contributed by atoms with Gasteiger partial charge in [-0.25, -0.2) is 13.2 Å². The van der Waals surface area contributed by atoms with Gasteiger partial charge < -0.3 is 5.11 Å². The molecule has 4 heteroatoms. The van der Waals surface area contributed by atoms with Gasteiger partial charge in [-0.1, -0.05) is 18.2 Å². The first-order chi connectivity index (χ1) is 8.84. The molecule has 2 aromatic rings. The van der Waals surface area contributed by atoms with E-state index in [9.17, 15) is 18.3 Å². The van der Waals surface area contributed by atoms with Crippen LogP contribution in [0.2, 0.25) is 0 Å². The molecule has 1 atom stereocenters. The van der Waals surface area contributed by atoms with Crippen LogP contribution in [-0.4, -0.2) is 5.11 Å². The molecule has 0 saturated heterocycles. The van der Waals surface area contributed by atoms with E-state index in [0.717, 1.165) is 18.2 Å². The Morgan fingerprint density at radius 3 is 2.11 bits per heavy atom. The second kappa shape index (κ2) is 4.70. The largest absolute Gasteiger partial charge is 0.380 e. The molecular weight excluding hydrogens is 253 g/mol. The second-order valence-corrected chi connectivity index (χ2v) is 4.63. The lowest BCUT2D eigenvalue weighted by atomic mass is 9.86. The predicted molar refractivity (Wildman–Crippen MR) is 66.2 cm³/mol. The van der Waals surface area contributed by atoms with Crippen molar-refractivity contribution in [3.8, 4) is 0 Å². The summed E-state index contributed by atoms with van der Waals surface area (Å²) in [6.45, 7) is 2.76. The van der Waals surface area contributed by atoms with Crippen molar-refractivity contribution in [3.05, 3.63) is 70.5 Å². The van der Waals surface area contributed by atoms with Crippen molar-refractivity contribution in [2.45, 2.75) is 19.4 Å². The maximum absolute atomic E-state index is 14.0. The molecule has 0 radical (unpaired) electrons. The lowest BCUT2D eigenvalue weighted by molar-refractivity contribution is 0.0931. The Kier molecular flexibility index (Phi) is 3.37. The van der Waals surface area contributed by atoms with E-state index in [4.69, 9.17) is 0 Å². The van der Waals surface area contributed by atoms with Gasteiger partial charge in [-0.05, 0) is 43.2 Å². The maximum Gasteiger partial charge on any atom is 0.135 e. The molecule has 0 aromatic heterocycles. The number of halogens is 3. The summed E-state index contributed by atoms with van der Waals surface area (Å²) < 4.78 is 40.7. The molecule has 0 spiro atoms. The highest BCUT2D eigenvalue weighted by molar-refractivity contribution is 5.39. The maximum atomic E-state index is 14.0. The molecule has 0 bridgehead atoms. The molecule has 0 aliphatic carbocycles. The summed E-state index contributed by atoms with van der Waals surface area (Å²) in [6.07, 6.45) is 0. The van der Waals surface area contributed by atoms with Gasteiger partial charge in [-0.2, -0.15) is 0 Å². The van der Waals surface area contributed by atoms with Gasteiger partial charge in [0.25, 0.3) is 0 Å². The fraction of sp³-hybridized carbons (Fsp3) is 0.200. The fourth-order valence-electron chi connectivity index (χ4n) is 2.02. The monoisotopic (exact) mass is 266 g/mol. The van der Waals surface area contributed by atoms with Gasteiger partial charge in [0.05, 0.1) is 5.56 Å². The van der Waals surface area contributed by atoms with E-state index in [1.165, 1.54) is 32.0 Å². The van der Waals surface area contributed by atoms with Gasteiger partial charge in [-0.15, -0.1) is 0 Å². The molecule has 2 rings (SSSR count). The molecule has 100 valence electrons. The molecule has 1 nitrogen and oxygen atoms in total. The molecule has 19 heavy (non-hydrogen) atoms. The van der Waals surface area contributed by atoms with Crippen LogP contribution >= 0.6 is 0 Å². The first-order valence-corrected chi connectivity index (χ1v) is 5.77.